The Hall–Kier alpha value is -1.62. The third kappa shape index (κ3) is 3.28. The van der Waals surface area contributed by atoms with Crippen LogP contribution < -0.4 is 10.2 Å². The van der Waals surface area contributed by atoms with Crippen molar-refractivity contribution in [3.63, 3.8) is 0 Å². The third-order valence-corrected chi connectivity index (χ3v) is 3.45. The van der Waals surface area contributed by atoms with E-state index in [-0.39, 0.29) is 12.1 Å². The molecular formula is C15H15BrF2N2. The SMILES string of the molecule is CN(C)c1ccc(Br)cc1NCc1c(F)cccc1F. The van der Waals surface area contributed by atoms with Crippen LogP contribution in [0.3, 0.4) is 0 Å². The second-order valence-electron chi connectivity index (χ2n) is 4.61. The van der Waals surface area contributed by atoms with E-state index in [9.17, 15) is 8.78 Å². The molecule has 0 aromatic heterocycles. The number of anilines is 2. The first-order chi connectivity index (χ1) is 9.49. The Balaban J connectivity index is 2.25. The summed E-state index contributed by atoms with van der Waals surface area (Å²) in [6, 6.07) is 9.61. The zero-order chi connectivity index (χ0) is 14.7. The molecule has 0 saturated heterocycles. The van der Waals surface area contributed by atoms with E-state index in [1.807, 2.05) is 37.2 Å². The highest BCUT2D eigenvalue weighted by Crippen LogP contribution is 2.28. The minimum absolute atomic E-state index is 0.0391. The van der Waals surface area contributed by atoms with Crippen LogP contribution in [0.2, 0.25) is 0 Å². The topological polar surface area (TPSA) is 15.3 Å². The Bertz CT molecular complexity index is 595. The van der Waals surface area contributed by atoms with Crippen LogP contribution in [-0.2, 0) is 6.54 Å². The highest BCUT2D eigenvalue weighted by atomic mass is 79.9. The molecule has 0 aliphatic heterocycles. The summed E-state index contributed by atoms with van der Waals surface area (Å²) in [5.41, 5.74) is 1.80. The molecule has 0 saturated carbocycles. The Labute approximate surface area is 125 Å². The Morgan fingerprint density at radius 2 is 1.75 bits per heavy atom. The molecule has 0 amide bonds. The van der Waals surface area contributed by atoms with E-state index in [0.717, 1.165) is 15.8 Å². The molecule has 0 unspecified atom stereocenters. The second-order valence-corrected chi connectivity index (χ2v) is 5.53. The van der Waals surface area contributed by atoms with Crippen LogP contribution in [0.15, 0.2) is 40.9 Å². The molecule has 0 atom stereocenters. The first kappa shape index (κ1) is 14.8. The number of rotatable bonds is 4. The number of nitrogens with zero attached hydrogens (tertiary/aromatic N) is 1. The quantitative estimate of drug-likeness (QED) is 0.886. The molecule has 1 N–H and O–H groups in total. The molecule has 2 nitrogen and oxygen atoms in total. The minimum Gasteiger partial charge on any atom is -0.379 e. The van der Waals surface area contributed by atoms with Crippen molar-refractivity contribution in [1.29, 1.82) is 0 Å². The summed E-state index contributed by atoms with van der Waals surface area (Å²) in [4.78, 5) is 1.94. The van der Waals surface area contributed by atoms with Gasteiger partial charge in [-0.2, -0.15) is 0 Å². The third-order valence-electron chi connectivity index (χ3n) is 2.96. The molecular weight excluding hydrogens is 326 g/mol. The first-order valence-electron chi connectivity index (χ1n) is 6.12. The Morgan fingerprint density at radius 1 is 1.10 bits per heavy atom. The summed E-state index contributed by atoms with van der Waals surface area (Å²) in [5.74, 6) is -1.09. The molecule has 2 aromatic rings. The summed E-state index contributed by atoms with van der Waals surface area (Å²) >= 11 is 3.39. The van der Waals surface area contributed by atoms with Crippen molar-refractivity contribution in [2.75, 3.05) is 24.3 Å². The summed E-state index contributed by atoms with van der Waals surface area (Å²) in [6.07, 6.45) is 0. The summed E-state index contributed by atoms with van der Waals surface area (Å²) in [5, 5.41) is 3.08. The van der Waals surface area contributed by atoms with Crippen molar-refractivity contribution in [2.24, 2.45) is 0 Å². The second kappa shape index (κ2) is 6.22. The van der Waals surface area contributed by atoms with E-state index in [1.54, 1.807) is 0 Å². The molecule has 20 heavy (non-hydrogen) atoms. The smallest absolute Gasteiger partial charge is 0.131 e. The molecule has 0 spiro atoms. The average molecular weight is 341 g/mol. The van der Waals surface area contributed by atoms with Gasteiger partial charge in [0.25, 0.3) is 0 Å². The molecule has 106 valence electrons. The first-order valence-corrected chi connectivity index (χ1v) is 6.92. The van der Waals surface area contributed by atoms with Crippen molar-refractivity contribution in [1.82, 2.24) is 0 Å². The lowest BCUT2D eigenvalue weighted by atomic mass is 10.2. The van der Waals surface area contributed by atoms with Crippen molar-refractivity contribution in [2.45, 2.75) is 6.54 Å². The molecule has 2 aromatic carbocycles. The Morgan fingerprint density at radius 3 is 2.35 bits per heavy atom. The molecule has 0 bridgehead atoms. The van der Waals surface area contributed by atoms with Gasteiger partial charge in [-0.15, -0.1) is 0 Å². The number of nitrogens with one attached hydrogen (secondary N) is 1. The standard InChI is InChI=1S/C15H15BrF2N2/c1-20(2)15-7-6-10(16)8-14(15)19-9-11-12(17)4-3-5-13(11)18/h3-8,19H,9H2,1-2H3. The number of hydrogen-bond acceptors (Lipinski definition) is 2. The van der Waals surface area contributed by atoms with E-state index in [2.05, 4.69) is 21.2 Å². The lowest BCUT2D eigenvalue weighted by Crippen LogP contribution is -2.13. The van der Waals surface area contributed by atoms with Crippen molar-refractivity contribution >= 4 is 27.3 Å². The highest BCUT2D eigenvalue weighted by Gasteiger charge is 2.10. The molecule has 0 heterocycles. The molecule has 0 aliphatic carbocycles. The van der Waals surface area contributed by atoms with Gasteiger partial charge in [0.2, 0.25) is 0 Å². The lowest BCUT2D eigenvalue weighted by Gasteiger charge is -2.19. The van der Waals surface area contributed by atoms with E-state index in [0.29, 0.717) is 0 Å². The fourth-order valence-electron chi connectivity index (χ4n) is 1.92. The largest absolute Gasteiger partial charge is 0.379 e. The van der Waals surface area contributed by atoms with Crippen LogP contribution in [-0.4, -0.2) is 14.1 Å². The van der Waals surface area contributed by atoms with Gasteiger partial charge in [-0.25, -0.2) is 8.78 Å². The van der Waals surface area contributed by atoms with Gasteiger partial charge in [-0.05, 0) is 30.3 Å². The van der Waals surface area contributed by atoms with E-state index < -0.39 is 11.6 Å². The van der Waals surface area contributed by atoms with Gasteiger partial charge in [0.15, 0.2) is 0 Å². The van der Waals surface area contributed by atoms with Gasteiger partial charge < -0.3 is 10.2 Å². The lowest BCUT2D eigenvalue weighted by molar-refractivity contribution is 0.560. The van der Waals surface area contributed by atoms with Gasteiger partial charge in [0, 0.05) is 30.7 Å². The minimum atomic E-state index is -0.543. The zero-order valence-corrected chi connectivity index (χ0v) is 12.8. The normalized spacial score (nSPS) is 10.4. The van der Waals surface area contributed by atoms with Crippen LogP contribution in [0.1, 0.15) is 5.56 Å². The maximum absolute atomic E-state index is 13.6. The van der Waals surface area contributed by atoms with Crippen LogP contribution in [0, 0.1) is 11.6 Å². The van der Waals surface area contributed by atoms with E-state index >= 15 is 0 Å². The van der Waals surface area contributed by atoms with Crippen LogP contribution in [0.5, 0.6) is 0 Å². The fraction of sp³-hybridized carbons (Fsp3) is 0.200. The zero-order valence-electron chi connectivity index (χ0n) is 11.3. The maximum Gasteiger partial charge on any atom is 0.131 e. The van der Waals surface area contributed by atoms with Crippen LogP contribution in [0.4, 0.5) is 20.2 Å². The fourth-order valence-corrected chi connectivity index (χ4v) is 2.29. The highest BCUT2D eigenvalue weighted by molar-refractivity contribution is 9.10. The molecule has 2 rings (SSSR count). The average Bonchev–Trinajstić information content (AvgIpc) is 2.37. The Kier molecular flexibility index (Phi) is 4.60. The van der Waals surface area contributed by atoms with E-state index in [1.165, 1.54) is 18.2 Å². The summed E-state index contributed by atoms with van der Waals surface area (Å²) in [7, 11) is 3.83. The van der Waals surface area contributed by atoms with Gasteiger partial charge in [-0.1, -0.05) is 22.0 Å². The predicted molar refractivity (Wildman–Crippen MR) is 82.2 cm³/mol. The van der Waals surface area contributed by atoms with Crippen LogP contribution >= 0.6 is 15.9 Å². The maximum atomic E-state index is 13.6. The number of halogens is 3. The van der Waals surface area contributed by atoms with Crippen LogP contribution in [0.25, 0.3) is 0 Å². The molecule has 0 fully saturated rings. The van der Waals surface area contributed by atoms with Crippen molar-refractivity contribution in [3.05, 3.63) is 58.1 Å². The van der Waals surface area contributed by atoms with Crippen molar-refractivity contribution in [3.8, 4) is 0 Å². The van der Waals surface area contributed by atoms with Gasteiger partial charge in [-0.3, -0.25) is 0 Å². The predicted octanol–water partition coefficient (Wildman–Crippen LogP) is 4.41. The summed E-state index contributed by atoms with van der Waals surface area (Å²) in [6.45, 7) is 0.0931. The monoisotopic (exact) mass is 340 g/mol. The molecule has 5 heteroatoms. The van der Waals surface area contributed by atoms with Gasteiger partial charge in [0.05, 0.1) is 11.4 Å². The van der Waals surface area contributed by atoms with Gasteiger partial charge in [0.1, 0.15) is 11.6 Å². The van der Waals surface area contributed by atoms with E-state index in [4.69, 9.17) is 0 Å². The molecule has 0 radical (unpaired) electrons. The number of hydrogen-bond donors (Lipinski definition) is 1. The molecule has 0 aliphatic rings. The summed E-state index contributed by atoms with van der Waals surface area (Å²) < 4.78 is 28.1. The van der Waals surface area contributed by atoms with Gasteiger partial charge >= 0.3 is 0 Å². The van der Waals surface area contributed by atoms with Crippen molar-refractivity contribution < 1.29 is 8.78 Å². The number of benzene rings is 2.